The summed E-state index contributed by atoms with van der Waals surface area (Å²) in [7, 11) is 0. The molecule has 1 aliphatic rings. The van der Waals surface area contributed by atoms with Crippen molar-refractivity contribution >= 4 is 39.1 Å². The first-order chi connectivity index (χ1) is 13.9. The second kappa shape index (κ2) is 7.55. The summed E-state index contributed by atoms with van der Waals surface area (Å²) in [4.78, 5) is 26.2. The largest absolute Gasteiger partial charge is 0.494 e. The highest BCUT2D eigenvalue weighted by Gasteiger charge is 2.28. The van der Waals surface area contributed by atoms with Gasteiger partial charge in [0.2, 0.25) is 0 Å². The summed E-state index contributed by atoms with van der Waals surface area (Å²) in [6, 6.07) is 5.48. The van der Waals surface area contributed by atoms with Crippen LogP contribution >= 0.6 is 11.3 Å². The first-order valence-electron chi connectivity index (χ1n) is 9.80. The highest BCUT2D eigenvalue weighted by Crippen LogP contribution is 2.40. The van der Waals surface area contributed by atoms with Crippen LogP contribution in [-0.2, 0) is 12.8 Å². The van der Waals surface area contributed by atoms with Crippen LogP contribution in [0.25, 0.3) is 11.0 Å². The molecule has 2 heterocycles. The second-order valence-corrected chi connectivity index (χ2v) is 8.63. The van der Waals surface area contributed by atoms with Crippen LogP contribution in [0.3, 0.4) is 0 Å². The lowest BCUT2D eigenvalue weighted by Gasteiger charge is -2.18. The Kier molecular flexibility index (Phi) is 5.08. The highest BCUT2D eigenvalue weighted by molar-refractivity contribution is 7.17. The molecular formula is C22H24N2O4S. The van der Waals surface area contributed by atoms with Crippen LogP contribution in [0.15, 0.2) is 22.6 Å². The molecule has 0 fully saturated rings. The number of anilines is 1. The molecule has 7 heteroatoms. The Bertz CT molecular complexity index is 1110. The molecule has 0 radical (unpaired) electrons. The molecule has 6 nitrogen and oxygen atoms in total. The van der Waals surface area contributed by atoms with Crippen molar-refractivity contribution in [1.29, 1.82) is 0 Å². The SMILES string of the molecule is CCOc1ccc2oc(C(=O)Nc3sc4c(c3C(N)=O)CC[C@@H](C)C4)c(C)c2c1. The van der Waals surface area contributed by atoms with E-state index in [2.05, 4.69) is 12.2 Å². The number of carbonyl (C=O) groups excluding carboxylic acids is 2. The van der Waals surface area contributed by atoms with Crippen molar-refractivity contribution < 1.29 is 18.7 Å². The molecule has 2 aromatic heterocycles. The van der Waals surface area contributed by atoms with Gasteiger partial charge in [0.05, 0.1) is 12.2 Å². The summed E-state index contributed by atoms with van der Waals surface area (Å²) in [6.07, 6.45) is 2.73. The lowest BCUT2D eigenvalue weighted by atomic mass is 9.88. The number of rotatable bonds is 5. The lowest BCUT2D eigenvalue weighted by Crippen LogP contribution is -2.19. The van der Waals surface area contributed by atoms with Gasteiger partial charge in [0.15, 0.2) is 5.76 Å². The third kappa shape index (κ3) is 3.51. The number of nitrogens with two attached hydrogens (primary N) is 1. The maximum Gasteiger partial charge on any atom is 0.292 e. The Hall–Kier alpha value is -2.80. The van der Waals surface area contributed by atoms with Crippen LogP contribution in [0, 0.1) is 12.8 Å². The van der Waals surface area contributed by atoms with E-state index in [1.165, 1.54) is 11.3 Å². The highest BCUT2D eigenvalue weighted by atomic mass is 32.1. The van der Waals surface area contributed by atoms with Crippen molar-refractivity contribution in [2.75, 3.05) is 11.9 Å². The third-order valence-electron chi connectivity index (χ3n) is 5.41. The average Bonchev–Trinajstić information content (AvgIpc) is 3.19. The van der Waals surface area contributed by atoms with Crippen molar-refractivity contribution in [3.8, 4) is 5.75 Å². The van der Waals surface area contributed by atoms with Gasteiger partial charge in [-0.05, 0) is 62.8 Å². The van der Waals surface area contributed by atoms with E-state index in [4.69, 9.17) is 14.9 Å². The number of nitrogens with one attached hydrogen (secondary N) is 1. The number of hydrogen-bond donors (Lipinski definition) is 2. The molecule has 0 unspecified atom stereocenters. The number of thiophene rings is 1. The third-order valence-corrected chi connectivity index (χ3v) is 6.58. The molecule has 3 N–H and O–H groups in total. The predicted molar refractivity (Wildman–Crippen MR) is 114 cm³/mol. The Morgan fingerprint density at radius 3 is 2.90 bits per heavy atom. The van der Waals surface area contributed by atoms with Crippen LogP contribution in [-0.4, -0.2) is 18.4 Å². The molecule has 29 heavy (non-hydrogen) atoms. The zero-order chi connectivity index (χ0) is 20.7. The number of fused-ring (bicyclic) bond motifs is 2. The van der Waals surface area contributed by atoms with Crippen molar-refractivity contribution in [2.45, 2.75) is 40.0 Å². The smallest absolute Gasteiger partial charge is 0.292 e. The Labute approximate surface area is 173 Å². The van der Waals surface area contributed by atoms with Gasteiger partial charge in [-0.15, -0.1) is 11.3 Å². The minimum atomic E-state index is -0.505. The fourth-order valence-corrected chi connectivity index (χ4v) is 5.34. The minimum Gasteiger partial charge on any atom is -0.494 e. The summed E-state index contributed by atoms with van der Waals surface area (Å²) in [5.41, 5.74) is 8.42. The lowest BCUT2D eigenvalue weighted by molar-refractivity contribution is 0.0998. The van der Waals surface area contributed by atoms with Gasteiger partial charge in [-0.1, -0.05) is 6.92 Å². The number of benzene rings is 1. The topological polar surface area (TPSA) is 94.6 Å². The Balaban J connectivity index is 1.68. The first kappa shape index (κ1) is 19.5. The monoisotopic (exact) mass is 412 g/mol. The number of furan rings is 1. The van der Waals surface area contributed by atoms with Gasteiger partial charge >= 0.3 is 0 Å². The summed E-state index contributed by atoms with van der Waals surface area (Å²) >= 11 is 1.44. The number of ether oxygens (including phenoxy) is 1. The molecule has 3 aromatic rings. The van der Waals surface area contributed by atoms with Gasteiger partial charge in [-0.2, -0.15) is 0 Å². The number of hydrogen-bond acceptors (Lipinski definition) is 5. The maximum absolute atomic E-state index is 13.0. The number of amides is 2. The molecular weight excluding hydrogens is 388 g/mol. The van der Waals surface area contributed by atoms with E-state index in [9.17, 15) is 9.59 Å². The van der Waals surface area contributed by atoms with Gasteiger partial charge in [-0.3, -0.25) is 9.59 Å². The van der Waals surface area contributed by atoms with Crippen molar-refractivity contribution in [3.05, 3.63) is 45.5 Å². The second-order valence-electron chi connectivity index (χ2n) is 7.52. The molecule has 152 valence electrons. The van der Waals surface area contributed by atoms with Gasteiger partial charge in [0.25, 0.3) is 11.8 Å². The molecule has 1 aliphatic carbocycles. The zero-order valence-corrected chi connectivity index (χ0v) is 17.6. The predicted octanol–water partition coefficient (Wildman–Crippen LogP) is 4.68. The normalized spacial score (nSPS) is 15.9. The van der Waals surface area contributed by atoms with Crippen LogP contribution in [0.2, 0.25) is 0 Å². The number of primary amides is 1. The molecule has 1 atom stereocenters. The van der Waals surface area contributed by atoms with Gasteiger partial charge in [0.1, 0.15) is 16.3 Å². The van der Waals surface area contributed by atoms with E-state index in [0.717, 1.165) is 46.4 Å². The van der Waals surface area contributed by atoms with Crippen LogP contribution in [0.4, 0.5) is 5.00 Å². The zero-order valence-electron chi connectivity index (χ0n) is 16.8. The van der Waals surface area contributed by atoms with Crippen molar-refractivity contribution in [1.82, 2.24) is 0 Å². The van der Waals surface area contributed by atoms with E-state index in [-0.39, 0.29) is 11.7 Å². The maximum atomic E-state index is 13.0. The molecule has 4 rings (SSSR count). The van der Waals surface area contributed by atoms with Gasteiger partial charge in [-0.25, -0.2) is 0 Å². The molecule has 0 saturated carbocycles. The van der Waals surface area contributed by atoms with Crippen molar-refractivity contribution in [3.63, 3.8) is 0 Å². The molecule has 0 aliphatic heterocycles. The van der Waals surface area contributed by atoms with E-state index in [0.29, 0.717) is 28.7 Å². The molecule has 2 amide bonds. The summed E-state index contributed by atoms with van der Waals surface area (Å²) < 4.78 is 11.3. The quantitative estimate of drug-likeness (QED) is 0.636. The van der Waals surface area contributed by atoms with E-state index in [1.807, 2.05) is 26.0 Å². The Morgan fingerprint density at radius 1 is 1.38 bits per heavy atom. The minimum absolute atomic E-state index is 0.226. The summed E-state index contributed by atoms with van der Waals surface area (Å²) in [5.74, 6) is 0.624. The van der Waals surface area contributed by atoms with E-state index in [1.54, 1.807) is 6.07 Å². The van der Waals surface area contributed by atoms with Gasteiger partial charge < -0.3 is 20.2 Å². The standard InChI is InChI=1S/C22H24N2O4S/c1-4-27-13-6-8-16-15(10-13)12(3)19(28-16)21(26)24-22-18(20(23)25)14-7-5-11(2)9-17(14)29-22/h6,8,10-11H,4-5,7,9H2,1-3H3,(H2,23,25)(H,24,26)/t11-/m1/s1. The molecule has 0 spiro atoms. The van der Waals surface area contributed by atoms with Crippen molar-refractivity contribution in [2.24, 2.45) is 11.7 Å². The number of aryl methyl sites for hydroxylation is 1. The Morgan fingerprint density at radius 2 is 2.17 bits per heavy atom. The van der Waals surface area contributed by atoms with E-state index < -0.39 is 5.91 Å². The number of carbonyl (C=O) groups is 2. The van der Waals surface area contributed by atoms with Gasteiger partial charge in [0, 0.05) is 15.8 Å². The fourth-order valence-electron chi connectivity index (χ4n) is 3.93. The summed E-state index contributed by atoms with van der Waals surface area (Å²) in [6.45, 7) is 6.52. The van der Waals surface area contributed by atoms with Crippen LogP contribution < -0.4 is 15.8 Å². The first-order valence-corrected chi connectivity index (χ1v) is 10.6. The molecule has 0 saturated heterocycles. The summed E-state index contributed by atoms with van der Waals surface area (Å²) in [5, 5.41) is 4.22. The molecule has 0 bridgehead atoms. The molecule has 1 aromatic carbocycles. The van der Waals surface area contributed by atoms with Crippen LogP contribution in [0.1, 0.15) is 57.2 Å². The van der Waals surface area contributed by atoms with Crippen LogP contribution in [0.5, 0.6) is 5.75 Å². The fraction of sp³-hybridized carbons (Fsp3) is 0.364. The average molecular weight is 413 g/mol. The van der Waals surface area contributed by atoms with E-state index >= 15 is 0 Å².